The van der Waals surface area contributed by atoms with E-state index in [4.69, 9.17) is 0 Å². The quantitative estimate of drug-likeness (QED) is 0.894. The van der Waals surface area contributed by atoms with Crippen molar-refractivity contribution in [3.05, 3.63) is 29.8 Å². The number of hydrogen-bond donors (Lipinski definition) is 1. The fraction of sp³-hybridized carbons (Fsp3) is 0.467. The molecule has 108 valence electrons. The lowest BCUT2D eigenvalue weighted by Crippen LogP contribution is -2.47. The van der Waals surface area contributed by atoms with Gasteiger partial charge in [-0.3, -0.25) is 9.59 Å². The third-order valence-corrected chi connectivity index (χ3v) is 3.46. The van der Waals surface area contributed by atoms with Crippen LogP contribution in [-0.4, -0.2) is 54.8 Å². The van der Waals surface area contributed by atoms with Gasteiger partial charge in [0.25, 0.3) is 0 Å². The number of hydrogen-bond acceptors (Lipinski definition) is 3. The normalized spacial score (nSPS) is 16.0. The lowest BCUT2D eigenvalue weighted by molar-refractivity contribution is -0.132. The molecule has 1 saturated heterocycles. The number of amides is 2. The second-order valence-electron chi connectivity index (χ2n) is 5.24. The number of nitrogens with zero attached hydrogens (tertiary/aromatic N) is 2. The van der Waals surface area contributed by atoms with Crippen molar-refractivity contribution in [2.75, 3.05) is 38.5 Å². The lowest BCUT2D eigenvalue weighted by atomic mass is 10.1. The molecule has 0 spiro atoms. The van der Waals surface area contributed by atoms with Gasteiger partial charge in [0.2, 0.25) is 11.8 Å². The van der Waals surface area contributed by atoms with Crippen LogP contribution in [0.4, 0.5) is 5.69 Å². The predicted molar refractivity (Wildman–Crippen MR) is 78.5 cm³/mol. The molecule has 1 heterocycles. The Balaban J connectivity index is 1.95. The van der Waals surface area contributed by atoms with Crippen LogP contribution in [0.2, 0.25) is 0 Å². The van der Waals surface area contributed by atoms with Crippen LogP contribution in [-0.2, 0) is 16.0 Å². The SMILES string of the molecule is CC(=O)Nc1cccc(CC(=O)N2CCN(C)CC2)c1. The van der Waals surface area contributed by atoms with E-state index in [1.807, 2.05) is 29.2 Å². The molecule has 1 aliphatic heterocycles. The Morgan fingerprint density at radius 1 is 1.20 bits per heavy atom. The van der Waals surface area contributed by atoms with Crippen molar-refractivity contribution in [2.45, 2.75) is 13.3 Å². The third-order valence-electron chi connectivity index (χ3n) is 3.46. The van der Waals surface area contributed by atoms with E-state index in [0.29, 0.717) is 6.42 Å². The lowest BCUT2D eigenvalue weighted by Gasteiger charge is -2.32. The fourth-order valence-electron chi connectivity index (χ4n) is 2.30. The molecule has 1 N–H and O–H groups in total. The Morgan fingerprint density at radius 2 is 1.90 bits per heavy atom. The molecular formula is C15H21N3O2. The summed E-state index contributed by atoms with van der Waals surface area (Å²) >= 11 is 0. The van der Waals surface area contributed by atoms with Crippen molar-refractivity contribution in [1.29, 1.82) is 0 Å². The highest BCUT2D eigenvalue weighted by Crippen LogP contribution is 2.12. The Labute approximate surface area is 119 Å². The number of benzene rings is 1. The van der Waals surface area contributed by atoms with Crippen LogP contribution in [0.15, 0.2) is 24.3 Å². The van der Waals surface area contributed by atoms with Crippen molar-refractivity contribution in [3.63, 3.8) is 0 Å². The van der Waals surface area contributed by atoms with Gasteiger partial charge in [-0.25, -0.2) is 0 Å². The highest BCUT2D eigenvalue weighted by molar-refractivity contribution is 5.89. The number of likely N-dealkylation sites (N-methyl/N-ethyl adjacent to an activating group) is 1. The topological polar surface area (TPSA) is 52.7 Å². The van der Waals surface area contributed by atoms with Crippen molar-refractivity contribution >= 4 is 17.5 Å². The molecule has 5 nitrogen and oxygen atoms in total. The van der Waals surface area contributed by atoms with Crippen molar-refractivity contribution in [3.8, 4) is 0 Å². The minimum atomic E-state index is -0.104. The molecule has 0 bridgehead atoms. The number of piperazine rings is 1. The van der Waals surface area contributed by atoms with Gasteiger partial charge in [-0.15, -0.1) is 0 Å². The van der Waals surface area contributed by atoms with Gasteiger partial charge in [-0.05, 0) is 24.7 Å². The molecule has 5 heteroatoms. The first-order chi connectivity index (χ1) is 9.54. The molecule has 0 radical (unpaired) electrons. The zero-order chi connectivity index (χ0) is 14.5. The van der Waals surface area contributed by atoms with Gasteiger partial charge in [0.05, 0.1) is 6.42 Å². The monoisotopic (exact) mass is 275 g/mol. The van der Waals surface area contributed by atoms with Gasteiger partial charge >= 0.3 is 0 Å². The maximum atomic E-state index is 12.2. The zero-order valence-corrected chi connectivity index (χ0v) is 12.1. The van der Waals surface area contributed by atoms with Gasteiger partial charge in [-0.2, -0.15) is 0 Å². The molecular weight excluding hydrogens is 254 g/mol. The van der Waals surface area contributed by atoms with Crippen molar-refractivity contribution in [2.24, 2.45) is 0 Å². The first-order valence-corrected chi connectivity index (χ1v) is 6.87. The molecule has 0 aliphatic carbocycles. The van der Waals surface area contributed by atoms with E-state index in [9.17, 15) is 9.59 Å². The Morgan fingerprint density at radius 3 is 2.55 bits per heavy atom. The average Bonchev–Trinajstić information content (AvgIpc) is 2.39. The predicted octanol–water partition coefficient (Wildman–Crippen LogP) is 0.961. The summed E-state index contributed by atoms with van der Waals surface area (Å²) in [6.07, 6.45) is 0.386. The maximum absolute atomic E-state index is 12.2. The van der Waals surface area contributed by atoms with Crippen LogP contribution >= 0.6 is 0 Å². The van der Waals surface area contributed by atoms with E-state index in [-0.39, 0.29) is 11.8 Å². The van der Waals surface area contributed by atoms with Gasteiger partial charge in [-0.1, -0.05) is 12.1 Å². The summed E-state index contributed by atoms with van der Waals surface area (Å²) in [5, 5.41) is 2.73. The van der Waals surface area contributed by atoms with E-state index >= 15 is 0 Å². The second-order valence-corrected chi connectivity index (χ2v) is 5.24. The Hall–Kier alpha value is -1.88. The van der Waals surface area contributed by atoms with Crippen molar-refractivity contribution in [1.82, 2.24) is 9.80 Å². The van der Waals surface area contributed by atoms with Crippen LogP contribution < -0.4 is 5.32 Å². The van der Waals surface area contributed by atoms with E-state index in [1.54, 1.807) is 0 Å². The molecule has 1 aromatic rings. The molecule has 1 aliphatic rings. The summed E-state index contributed by atoms with van der Waals surface area (Å²) in [7, 11) is 2.07. The Kier molecular flexibility index (Phi) is 4.74. The van der Waals surface area contributed by atoms with Crippen molar-refractivity contribution < 1.29 is 9.59 Å². The highest BCUT2D eigenvalue weighted by Gasteiger charge is 2.19. The molecule has 0 atom stereocenters. The molecule has 0 saturated carbocycles. The summed E-state index contributed by atoms with van der Waals surface area (Å²) in [4.78, 5) is 27.4. The van der Waals surface area contributed by atoms with E-state index in [1.165, 1.54) is 6.92 Å². The fourth-order valence-corrected chi connectivity index (χ4v) is 2.30. The van der Waals surface area contributed by atoms with Gasteiger partial charge in [0, 0.05) is 38.8 Å². The maximum Gasteiger partial charge on any atom is 0.227 e. The molecule has 1 fully saturated rings. The van der Waals surface area contributed by atoms with Gasteiger partial charge in [0.1, 0.15) is 0 Å². The Bertz CT molecular complexity index is 494. The highest BCUT2D eigenvalue weighted by atomic mass is 16.2. The summed E-state index contributed by atoms with van der Waals surface area (Å²) in [5.74, 6) is 0.0469. The van der Waals surface area contributed by atoms with Crippen LogP contribution in [0.3, 0.4) is 0 Å². The number of rotatable bonds is 3. The van der Waals surface area contributed by atoms with Crippen LogP contribution in [0.25, 0.3) is 0 Å². The molecule has 2 rings (SSSR count). The van der Waals surface area contributed by atoms with E-state index in [0.717, 1.165) is 37.4 Å². The first kappa shape index (κ1) is 14.5. The minimum Gasteiger partial charge on any atom is -0.340 e. The summed E-state index contributed by atoms with van der Waals surface area (Å²) in [5.41, 5.74) is 1.67. The molecule has 0 unspecified atom stereocenters. The van der Waals surface area contributed by atoms with E-state index < -0.39 is 0 Å². The third kappa shape index (κ3) is 4.06. The summed E-state index contributed by atoms with van der Waals surface area (Å²) in [6, 6.07) is 7.46. The summed E-state index contributed by atoms with van der Waals surface area (Å²) < 4.78 is 0. The standard InChI is InChI=1S/C15H21N3O2/c1-12(19)16-14-5-3-4-13(10-14)11-15(20)18-8-6-17(2)7-9-18/h3-5,10H,6-9,11H2,1-2H3,(H,16,19). The largest absolute Gasteiger partial charge is 0.340 e. The number of anilines is 1. The zero-order valence-electron chi connectivity index (χ0n) is 12.1. The number of carbonyl (C=O) groups is 2. The first-order valence-electron chi connectivity index (χ1n) is 6.87. The van der Waals surface area contributed by atoms with Gasteiger partial charge in [0.15, 0.2) is 0 Å². The summed E-state index contributed by atoms with van der Waals surface area (Å²) in [6.45, 7) is 4.92. The van der Waals surface area contributed by atoms with Gasteiger partial charge < -0.3 is 15.1 Å². The van der Waals surface area contributed by atoms with Crippen LogP contribution in [0.5, 0.6) is 0 Å². The number of nitrogens with one attached hydrogen (secondary N) is 1. The van der Waals surface area contributed by atoms with E-state index in [2.05, 4.69) is 17.3 Å². The molecule has 20 heavy (non-hydrogen) atoms. The molecule has 2 amide bonds. The number of carbonyl (C=O) groups excluding carboxylic acids is 2. The molecule has 1 aromatic carbocycles. The second kappa shape index (κ2) is 6.52. The minimum absolute atomic E-state index is 0.104. The average molecular weight is 275 g/mol. The van der Waals surface area contributed by atoms with Crippen LogP contribution in [0.1, 0.15) is 12.5 Å². The smallest absolute Gasteiger partial charge is 0.227 e. The molecule has 0 aromatic heterocycles. The van der Waals surface area contributed by atoms with Crippen LogP contribution in [0, 0.1) is 0 Å².